The van der Waals surface area contributed by atoms with E-state index in [1.807, 2.05) is 6.92 Å². The number of nitrogens with zero attached hydrogens (tertiary/aromatic N) is 1. The molecule has 0 amide bonds. The lowest BCUT2D eigenvalue weighted by atomic mass is 9.87. The molecule has 2 aromatic carbocycles. The van der Waals surface area contributed by atoms with E-state index in [0.29, 0.717) is 27.6 Å². The number of fused-ring (bicyclic) bond motifs is 3. The van der Waals surface area contributed by atoms with Gasteiger partial charge in [0.1, 0.15) is 11.5 Å². The van der Waals surface area contributed by atoms with Gasteiger partial charge in [-0.05, 0) is 81.7 Å². The van der Waals surface area contributed by atoms with Crippen LogP contribution < -0.4 is 0 Å². The first-order chi connectivity index (χ1) is 15.4. The molecule has 33 heavy (non-hydrogen) atoms. The van der Waals surface area contributed by atoms with Crippen molar-refractivity contribution in [2.75, 3.05) is 6.54 Å². The average molecular weight is 491 g/mol. The molecular weight excluding hydrogens is 465 g/mol. The van der Waals surface area contributed by atoms with Gasteiger partial charge in [-0.15, -0.1) is 0 Å². The predicted molar refractivity (Wildman–Crippen MR) is 131 cm³/mol. The highest BCUT2D eigenvalue weighted by Gasteiger charge is 2.40. The maximum atomic E-state index is 14.9. The lowest BCUT2D eigenvalue weighted by Crippen LogP contribution is -2.48. The fraction of sp³-hybridized carbons (Fsp3) is 0.346. The van der Waals surface area contributed by atoms with Crippen LogP contribution in [0.5, 0.6) is 0 Å². The molecule has 3 nitrogen and oxygen atoms in total. The van der Waals surface area contributed by atoms with Gasteiger partial charge in [0.2, 0.25) is 0 Å². The molecule has 174 valence electrons. The second kappa shape index (κ2) is 8.86. The minimum absolute atomic E-state index is 0.0378. The molecule has 1 aromatic heterocycles. The zero-order chi connectivity index (χ0) is 24.1. The summed E-state index contributed by atoms with van der Waals surface area (Å²) in [6.45, 7) is 6.76. The molecular formula is C26H26Cl2F2N2O. The number of carbonyl (C=O) groups is 1. The van der Waals surface area contributed by atoms with Crippen molar-refractivity contribution in [3.05, 3.63) is 74.7 Å². The minimum Gasteiger partial charge on any atom is -0.357 e. The van der Waals surface area contributed by atoms with Gasteiger partial charge in [-0.1, -0.05) is 29.3 Å². The van der Waals surface area contributed by atoms with Crippen molar-refractivity contribution >= 4 is 46.0 Å². The number of alkyl halides is 1. The van der Waals surface area contributed by atoms with Gasteiger partial charge in [-0.2, -0.15) is 0 Å². The van der Waals surface area contributed by atoms with E-state index in [4.69, 9.17) is 23.2 Å². The van der Waals surface area contributed by atoms with Crippen molar-refractivity contribution in [3.63, 3.8) is 0 Å². The van der Waals surface area contributed by atoms with Gasteiger partial charge in [-0.3, -0.25) is 9.69 Å². The lowest BCUT2D eigenvalue weighted by molar-refractivity contribution is -0.112. The quantitative estimate of drug-likeness (QED) is 0.380. The van der Waals surface area contributed by atoms with Crippen LogP contribution in [0.4, 0.5) is 8.78 Å². The first kappa shape index (κ1) is 23.9. The molecule has 1 N–H and O–H groups in total. The third-order valence-electron chi connectivity index (χ3n) is 6.02. The summed E-state index contributed by atoms with van der Waals surface area (Å²) in [4.78, 5) is 16.8. The zero-order valence-corrected chi connectivity index (χ0v) is 20.5. The van der Waals surface area contributed by atoms with Gasteiger partial charge >= 0.3 is 0 Å². The molecule has 0 radical (unpaired) electrons. The van der Waals surface area contributed by atoms with Gasteiger partial charge in [0.15, 0.2) is 5.78 Å². The number of H-pyrrole nitrogens is 1. The molecule has 0 fully saturated rings. The number of aromatic nitrogens is 1. The summed E-state index contributed by atoms with van der Waals surface area (Å²) in [5.74, 6) is -0.391. The molecule has 7 heteroatoms. The molecule has 3 aromatic rings. The molecule has 0 bridgehead atoms. The number of aromatic amines is 1. The van der Waals surface area contributed by atoms with E-state index < -0.39 is 11.7 Å². The average Bonchev–Trinajstić information content (AvgIpc) is 3.04. The number of hydrogen-bond donors (Lipinski definition) is 1. The minimum atomic E-state index is -1.45. The van der Waals surface area contributed by atoms with Crippen LogP contribution in [-0.4, -0.2) is 33.9 Å². The number of carbonyl (C=O) groups excluding carboxylic acids is 1. The number of hydrogen-bond acceptors (Lipinski definition) is 2. The number of rotatable bonds is 5. The summed E-state index contributed by atoms with van der Waals surface area (Å²) in [5.41, 5.74) is 2.54. The highest BCUT2D eigenvalue weighted by molar-refractivity contribution is 6.36. The van der Waals surface area contributed by atoms with Crippen molar-refractivity contribution in [3.8, 4) is 0 Å². The summed E-state index contributed by atoms with van der Waals surface area (Å²) >= 11 is 13.5. The first-order valence-corrected chi connectivity index (χ1v) is 11.6. The molecule has 2 heterocycles. The van der Waals surface area contributed by atoms with Crippen molar-refractivity contribution in [2.45, 2.75) is 51.9 Å². The largest absolute Gasteiger partial charge is 0.357 e. The van der Waals surface area contributed by atoms with E-state index in [1.165, 1.54) is 25.1 Å². The Morgan fingerprint density at radius 3 is 2.52 bits per heavy atom. The third kappa shape index (κ3) is 4.86. The van der Waals surface area contributed by atoms with Gasteiger partial charge in [0.25, 0.3) is 0 Å². The molecule has 0 saturated carbocycles. The first-order valence-electron chi connectivity index (χ1n) is 10.9. The van der Waals surface area contributed by atoms with Crippen molar-refractivity contribution in [1.82, 2.24) is 9.88 Å². The SMILES string of the molecule is CC(=O)/C=C/c1cc(Cl)c(C2c3[nH]c4ccc(F)cc4c3CC(C)N2CC(C)(C)F)c(Cl)c1. The Morgan fingerprint density at radius 2 is 1.91 bits per heavy atom. The number of ketones is 1. The van der Waals surface area contributed by atoms with Crippen LogP contribution in [0.15, 0.2) is 36.4 Å². The number of allylic oxidation sites excluding steroid dienone is 1. The van der Waals surface area contributed by atoms with Gasteiger partial charge in [0, 0.05) is 44.8 Å². The van der Waals surface area contributed by atoms with Crippen LogP contribution in [0, 0.1) is 5.82 Å². The fourth-order valence-electron chi connectivity index (χ4n) is 4.69. The van der Waals surface area contributed by atoms with Gasteiger partial charge in [0.05, 0.1) is 6.04 Å². The van der Waals surface area contributed by atoms with Crippen LogP contribution in [0.25, 0.3) is 17.0 Å². The highest BCUT2D eigenvalue weighted by Crippen LogP contribution is 2.46. The van der Waals surface area contributed by atoms with Crippen LogP contribution in [-0.2, 0) is 11.2 Å². The van der Waals surface area contributed by atoms with E-state index >= 15 is 0 Å². The standard InChI is InChI=1S/C26H26Cl2F2N2O/c1-14-9-19-18-12-17(29)7-8-22(18)31-24(19)25(32(14)13-26(3,4)30)23-20(27)10-16(11-21(23)28)6-5-15(2)33/h5-8,10-12,14,25,31H,9,13H2,1-4H3/b6-5+. The molecule has 0 spiro atoms. The smallest absolute Gasteiger partial charge is 0.152 e. The Balaban J connectivity index is 1.93. The van der Waals surface area contributed by atoms with Crippen molar-refractivity contribution in [1.29, 1.82) is 0 Å². The van der Waals surface area contributed by atoms with Crippen LogP contribution in [0.3, 0.4) is 0 Å². The van der Waals surface area contributed by atoms with E-state index in [-0.39, 0.29) is 24.2 Å². The lowest BCUT2D eigenvalue weighted by Gasteiger charge is -2.43. The summed E-state index contributed by atoms with van der Waals surface area (Å²) in [5, 5.41) is 1.65. The fourth-order valence-corrected chi connectivity index (χ4v) is 5.40. The Bertz CT molecular complexity index is 1240. The summed E-state index contributed by atoms with van der Waals surface area (Å²) in [7, 11) is 0. The Labute approximate surface area is 202 Å². The molecule has 0 aliphatic carbocycles. The summed E-state index contributed by atoms with van der Waals surface area (Å²) in [6, 6.07) is 7.69. The van der Waals surface area contributed by atoms with Crippen LogP contribution >= 0.6 is 23.2 Å². The van der Waals surface area contributed by atoms with E-state index in [2.05, 4.69) is 9.88 Å². The topological polar surface area (TPSA) is 36.1 Å². The Hall–Kier alpha value is -2.21. The Morgan fingerprint density at radius 1 is 1.24 bits per heavy atom. The van der Waals surface area contributed by atoms with Gasteiger partial charge < -0.3 is 4.98 Å². The monoisotopic (exact) mass is 490 g/mol. The normalized spacial score (nSPS) is 19.4. The molecule has 2 unspecified atom stereocenters. The predicted octanol–water partition coefficient (Wildman–Crippen LogP) is 7.30. The molecule has 1 aliphatic rings. The number of halogens is 4. The maximum absolute atomic E-state index is 14.9. The maximum Gasteiger partial charge on any atom is 0.152 e. The number of nitrogens with one attached hydrogen (secondary N) is 1. The van der Waals surface area contributed by atoms with E-state index in [9.17, 15) is 13.6 Å². The number of benzene rings is 2. The molecule has 0 saturated heterocycles. The highest BCUT2D eigenvalue weighted by atomic mass is 35.5. The second-order valence-electron chi connectivity index (χ2n) is 9.40. The van der Waals surface area contributed by atoms with Gasteiger partial charge in [-0.25, -0.2) is 8.78 Å². The second-order valence-corrected chi connectivity index (χ2v) is 10.2. The Kier molecular flexibility index (Phi) is 6.43. The van der Waals surface area contributed by atoms with E-state index in [1.54, 1.807) is 38.1 Å². The summed E-state index contributed by atoms with van der Waals surface area (Å²) < 4.78 is 29.0. The van der Waals surface area contributed by atoms with E-state index in [0.717, 1.165) is 22.2 Å². The zero-order valence-electron chi connectivity index (χ0n) is 19.0. The molecule has 1 aliphatic heterocycles. The van der Waals surface area contributed by atoms with Crippen LogP contribution in [0.2, 0.25) is 10.0 Å². The molecule has 2 atom stereocenters. The third-order valence-corrected chi connectivity index (χ3v) is 6.64. The summed E-state index contributed by atoms with van der Waals surface area (Å²) in [6.07, 6.45) is 3.75. The van der Waals surface area contributed by atoms with Crippen molar-refractivity contribution < 1.29 is 13.6 Å². The van der Waals surface area contributed by atoms with Crippen LogP contribution in [0.1, 0.15) is 56.1 Å². The van der Waals surface area contributed by atoms with Crippen molar-refractivity contribution in [2.24, 2.45) is 0 Å². The molecule has 4 rings (SSSR count).